The van der Waals surface area contributed by atoms with Crippen molar-refractivity contribution in [3.63, 3.8) is 0 Å². The zero-order valence-electron chi connectivity index (χ0n) is 18.4. The zero-order chi connectivity index (χ0) is 22.9. The third-order valence-corrected chi connectivity index (χ3v) is 7.20. The summed E-state index contributed by atoms with van der Waals surface area (Å²) in [6, 6.07) is 14.7. The van der Waals surface area contributed by atoms with E-state index in [1.165, 1.54) is 18.2 Å². The van der Waals surface area contributed by atoms with Gasteiger partial charge in [-0.15, -0.1) is 11.8 Å². The molecule has 0 saturated heterocycles. The lowest BCUT2D eigenvalue weighted by Gasteiger charge is -2.31. The Morgan fingerprint density at radius 1 is 1.03 bits per heavy atom. The summed E-state index contributed by atoms with van der Waals surface area (Å²) in [6.45, 7) is 2.15. The van der Waals surface area contributed by atoms with Crippen LogP contribution in [-0.4, -0.2) is 34.6 Å². The lowest BCUT2D eigenvalue weighted by Crippen LogP contribution is -2.50. The quantitative estimate of drug-likeness (QED) is 0.460. The van der Waals surface area contributed by atoms with Crippen LogP contribution in [0.3, 0.4) is 0 Å². The van der Waals surface area contributed by atoms with Gasteiger partial charge < -0.3 is 10.2 Å². The Bertz CT molecular complexity index is 918. The number of hydrogen-bond donors (Lipinski definition) is 1. The van der Waals surface area contributed by atoms with Crippen LogP contribution in [0.2, 0.25) is 10.0 Å². The Balaban J connectivity index is 1.65. The molecule has 1 aliphatic carbocycles. The van der Waals surface area contributed by atoms with Crippen LogP contribution in [0.15, 0.2) is 48.5 Å². The highest BCUT2D eigenvalue weighted by molar-refractivity contribution is 7.99. The summed E-state index contributed by atoms with van der Waals surface area (Å²) in [6.07, 6.45) is 5.53. The molecule has 4 nitrogen and oxygen atoms in total. The molecule has 1 fully saturated rings. The maximum atomic E-state index is 13.2. The van der Waals surface area contributed by atoms with Crippen LogP contribution in [0.4, 0.5) is 0 Å². The van der Waals surface area contributed by atoms with Gasteiger partial charge in [0.05, 0.1) is 5.75 Å². The topological polar surface area (TPSA) is 49.4 Å². The van der Waals surface area contributed by atoms with Crippen molar-refractivity contribution in [3.8, 4) is 0 Å². The molecule has 172 valence electrons. The summed E-state index contributed by atoms with van der Waals surface area (Å²) in [5.41, 5.74) is 1.97. The number of amides is 2. The molecule has 1 atom stereocenters. The summed E-state index contributed by atoms with van der Waals surface area (Å²) in [7, 11) is 0. The SMILES string of the molecule is CC(C(=O)NC1CCCCC1)N(Cc1cccc(Cl)c1)C(=O)CSCc1cccc(Cl)c1. The highest BCUT2D eigenvalue weighted by atomic mass is 35.5. The van der Waals surface area contributed by atoms with E-state index in [0.717, 1.165) is 36.8 Å². The first-order valence-corrected chi connectivity index (χ1v) is 13.0. The molecule has 1 N–H and O–H groups in total. The molecule has 7 heteroatoms. The summed E-state index contributed by atoms with van der Waals surface area (Å²) >= 11 is 13.7. The van der Waals surface area contributed by atoms with E-state index in [0.29, 0.717) is 22.3 Å². The molecule has 32 heavy (non-hydrogen) atoms. The molecule has 0 radical (unpaired) electrons. The predicted molar refractivity (Wildman–Crippen MR) is 134 cm³/mol. The number of nitrogens with zero attached hydrogens (tertiary/aromatic N) is 1. The molecule has 0 aliphatic heterocycles. The first-order valence-electron chi connectivity index (χ1n) is 11.1. The Hall–Kier alpha value is -1.69. The van der Waals surface area contributed by atoms with Gasteiger partial charge in [-0.05, 0) is 55.2 Å². The average Bonchev–Trinajstić information content (AvgIpc) is 2.77. The van der Waals surface area contributed by atoms with Crippen molar-refractivity contribution in [2.24, 2.45) is 0 Å². The molecule has 0 bridgehead atoms. The molecule has 1 unspecified atom stereocenters. The Morgan fingerprint density at radius 3 is 2.31 bits per heavy atom. The molecular formula is C25H30Cl2N2O2S. The fourth-order valence-corrected chi connectivity index (χ4v) is 5.23. The van der Waals surface area contributed by atoms with Gasteiger partial charge in [0.1, 0.15) is 6.04 Å². The third kappa shape index (κ3) is 7.72. The second-order valence-corrected chi connectivity index (χ2v) is 10.2. The molecule has 1 saturated carbocycles. The van der Waals surface area contributed by atoms with E-state index >= 15 is 0 Å². The zero-order valence-corrected chi connectivity index (χ0v) is 20.7. The molecule has 3 rings (SSSR count). The van der Waals surface area contributed by atoms with Crippen molar-refractivity contribution in [1.82, 2.24) is 10.2 Å². The van der Waals surface area contributed by atoms with Crippen LogP contribution in [-0.2, 0) is 21.9 Å². The number of carbonyl (C=O) groups excluding carboxylic acids is 2. The number of halogens is 2. The fraction of sp³-hybridized carbons (Fsp3) is 0.440. The number of nitrogens with one attached hydrogen (secondary N) is 1. The predicted octanol–water partition coefficient (Wildman–Crippen LogP) is 6.09. The van der Waals surface area contributed by atoms with Crippen molar-refractivity contribution < 1.29 is 9.59 Å². The van der Waals surface area contributed by atoms with Crippen molar-refractivity contribution >= 4 is 46.8 Å². The van der Waals surface area contributed by atoms with E-state index < -0.39 is 6.04 Å². The van der Waals surface area contributed by atoms with Gasteiger partial charge in [0, 0.05) is 28.4 Å². The fourth-order valence-electron chi connectivity index (χ4n) is 3.95. The lowest BCUT2D eigenvalue weighted by molar-refractivity contribution is -0.139. The van der Waals surface area contributed by atoms with E-state index in [1.54, 1.807) is 11.0 Å². The van der Waals surface area contributed by atoms with Crippen LogP contribution >= 0.6 is 35.0 Å². The number of rotatable bonds is 9. The second-order valence-electron chi connectivity index (χ2n) is 8.29. The number of benzene rings is 2. The molecule has 2 amide bonds. The minimum atomic E-state index is -0.560. The molecule has 1 aliphatic rings. The Morgan fingerprint density at radius 2 is 1.66 bits per heavy atom. The number of thioether (sulfide) groups is 1. The largest absolute Gasteiger partial charge is 0.352 e. The van der Waals surface area contributed by atoms with Crippen LogP contribution in [0.5, 0.6) is 0 Å². The van der Waals surface area contributed by atoms with Crippen molar-refractivity contribution in [1.29, 1.82) is 0 Å². The molecule has 0 aromatic heterocycles. The number of hydrogen-bond acceptors (Lipinski definition) is 3. The maximum Gasteiger partial charge on any atom is 0.242 e. The summed E-state index contributed by atoms with van der Waals surface area (Å²) in [4.78, 5) is 27.8. The monoisotopic (exact) mass is 492 g/mol. The van der Waals surface area contributed by atoms with Crippen LogP contribution in [0.1, 0.15) is 50.2 Å². The van der Waals surface area contributed by atoms with Crippen LogP contribution in [0, 0.1) is 0 Å². The van der Waals surface area contributed by atoms with Gasteiger partial charge in [-0.1, -0.05) is 66.7 Å². The van der Waals surface area contributed by atoms with Crippen molar-refractivity contribution in [2.75, 3.05) is 5.75 Å². The van der Waals surface area contributed by atoms with E-state index in [-0.39, 0.29) is 23.6 Å². The Kier molecular flexibility index (Phi) is 9.76. The van der Waals surface area contributed by atoms with E-state index in [1.807, 2.05) is 49.4 Å². The van der Waals surface area contributed by atoms with Gasteiger partial charge in [-0.2, -0.15) is 0 Å². The number of carbonyl (C=O) groups is 2. The van der Waals surface area contributed by atoms with E-state index in [4.69, 9.17) is 23.2 Å². The minimum absolute atomic E-state index is 0.0664. The Labute approximate surface area is 205 Å². The lowest BCUT2D eigenvalue weighted by atomic mass is 9.95. The average molecular weight is 494 g/mol. The standard InChI is InChI=1S/C25H30Cl2N2O2S/c1-18(25(31)28-23-11-3-2-4-12-23)29(15-19-7-5-9-21(26)13-19)24(30)17-32-16-20-8-6-10-22(27)14-20/h5-10,13-14,18,23H,2-4,11-12,15-17H2,1H3,(H,28,31). The molecule has 2 aromatic rings. The van der Waals surface area contributed by atoms with Crippen molar-refractivity contribution in [3.05, 3.63) is 69.7 Å². The second kappa shape index (κ2) is 12.5. The van der Waals surface area contributed by atoms with Gasteiger partial charge >= 0.3 is 0 Å². The molecule has 0 heterocycles. The van der Waals surface area contributed by atoms with Gasteiger partial charge in [-0.25, -0.2) is 0 Å². The van der Waals surface area contributed by atoms with Gasteiger partial charge in [-0.3, -0.25) is 9.59 Å². The highest BCUT2D eigenvalue weighted by Crippen LogP contribution is 2.21. The molecule has 2 aromatic carbocycles. The molecule has 0 spiro atoms. The highest BCUT2D eigenvalue weighted by Gasteiger charge is 2.28. The summed E-state index contributed by atoms with van der Waals surface area (Å²) in [5.74, 6) is 0.809. The van der Waals surface area contributed by atoms with Gasteiger partial charge in [0.2, 0.25) is 11.8 Å². The smallest absolute Gasteiger partial charge is 0.242 e. The normalized spacial score (nSPS) is 15.2. The summed E-state index contributed by atoms with van der Waals surface area (Å²) in [5, 5.41) is 4.46. The van der Waals surface area contributed by atoms with Crippen LogP contribution in [0.25, 0.3) is 0 Å². The van der Waals surface area contributed by atoms with E-state index in [2.05, 4.69) is 5.32 Å². The summed E-state index contributed by atoms with van der Waals surface area (Å²) < 4.78 is 0. The van der Waals surface area contributed by atoms with Gasteiger partial charge in [0.25, 0.3) is 0 Å². The van der Waals surface area contributed by atoms with E-state index in [9.17, 15) is 9.59 Å². The van der Waals surface area contributed by atoms with Crippen LogP contribution < -0.4 is 5.32 Å². The van der Waals surface area contributed by atoms with Gasteiger partial charge in [0.15, 0.2) is 0 Å². The molecular weight excluding hydrogens is 463 g/mol. The third-order valence-electron chi connectivity index (χ3n) is 5.74. The minimum Gasteiger partial charge on any atom is -0.352 e. The maximum absolute atomic E-state index is 13.2. The van der Waals surface area contributed by atoms with Crippen molar-refractivity contribution in [2.45, 2.75) is 63.4 Å². The first-order chi connectivity index (χ1) is 15.4. The first kappa shape index (κ1) is 24.9.